The van der Waals surface area contributed by atoms with Crippen molar-refractivity contribution in [2.24, 2.45) is 0 Å². The second kappa shape index (κ2) is 8.21. The number of benzene rings is 2. The fraction of sp³-hybridized carbons (Fsp3) is 0.333. The summed E-state index contributed by atoms with van der Waals surface area (Å²) in [6.07, 6.45) is 2.29. The summed E-state index contributed by atoms with van der Waals surface area (Å²) in [5.74, 6) is 2.77. The Hall–Kier alpha value is -2.93. The van der Waals surface area contributed by atoms with Crippen LogP contribution in [0.25, 0.3) is 0 Å². The van der Waals surface area contributed by atoms with Crippen LogP contribution in [0.2, 0.25) is 5.02 Å². The summed E-state index contributed by atoms with van der Waals surface area (Å²) in [6, 6.07) is 11.7. The van der Waals surface area contributed by atoms with Crippen molar-refractivity contribution in [1.29, 1.82) is 0 Å². The number of hydrogen-bond acceptors (Lipinski definition) is 6. The van der Waals surface area contributed by atoms with Crippen LogP contribution < -0.4 is 19.5 Å². The molecule has 0 fully saturated rings. The number of hydrogen-bond donors (Lipinski definition) is 1. The molecule has 0 saturated heterocycles. The Morgan fingerprint density at radius 3 is 2.76 bits per heavy atom. The first-order chi connectivity index (χ1) is 14.2. The Bertz CT molecular complexity index is 1010. The number of ether oxygens (including phenoxy) is 3. The van der Waals surface area contributed by atoms with E-state index in [1.165, 1.54) is 0 Å². The van der Waals surface area contributed by atoms with E-state index >= 15 is 0 Å². The van der Waals surface area contributed by atoms with Gasteiger partial charge in [0.25, 0.3) is 0 Å². The van der Waals surface area contributed by atoms with Gasteiger partial charge in [-0.15, -0.1) is 0 Å². The number of halogens is 1. The van der Waals surface area contributed by atoms with Crippen LogP contribution in [0.5, 0.6) is 17.2 Å². The second-order valence-corrected chi connectivity index (χ2v) is 7.09. The Kier molecular flexibility index (Phi) is 5.49. The normalized spacial score (nSPS) is 17.9. The van der Waals surface area contributed by atoms with Crippen LogP contribution in [0, 0.1) is 0 Å². The maximum Gasteiger partial charge on any atom is 0.222 e. The van der Waals surface area contributed by atoms with Crippen molar-refractivity contribution in [3.63, 3.8) is 0 Å². The van der Waals surface area contributed by atoms with Crippen molar-refractivity contribution < 1.29 is 14.2 Å². The maximum absolute atomic E-state index is 6.42. The number of nitrogens with zero attached hydrogens (tertiary/aromatic N) is 3. The Morgan fingerprint density at radius 1 is 1.17 bits per heavy atom. The fourth-order valence-electron chi connectivity index (χ4n) is 3.78. The lowest BCUT2D eigenvalue weighted by molar-refractivity contribution is 0.338. The van der Waals surface area contributed by atoms with Crippen molar-refractivity contribution >= 4 is 17.5 Å². The summed E-state index contributed by atoms with van der Waals surface area (Å²) in [5, 5.41) is 8.48. The van der Waals surface area contributed by atoms with Crippen LogP contribution >= 0.6 is 11.6 Å². The summed E-state index contributed by atoms with van der Waals surface area (Å²) < 4.78 is 18.6. The predicted molar refractivity (Wildman–Crippen MR) is 111 cm³/mol. The molecular formula is C21H23ClN4O3. The van der Waals surface area contributed by atoms with Crippen molar-refractivity contribution in [3.05, 3.63) is 58.9 Å². The van der Waals surface area contributed by atoms with E-state index in [4.69, 9.17) is 25.8 Å². The molecule has 1 aromatic heterocycles. The van der Waals surface area contributed by atoms with Crippen molar-refractivity contribution in [2.75, 3.05) is 26.1 Å². The van der Waals surface area contributed by atoms with E-state index in [-0.39, 0.29) is 12.1 Å². The molecule has 0 spiro atoms. The summed E-state index contributed by atoms with van der Waals surface area (Å²) in [6.45, 7) is 2.51. The van der Waals surface area contributed by atoms with Crippen LogP contribution in [0.1, 0.15) is 36.6 Å². The maximum atomic E-state index is 6.42. The highest BCUT2D eigenvalue weighted by Crippen LogP contribution is 2.44. The first-order valence-corrected chi connectivity index (χ1v) is 9.83. The molecule has 2 atom stereocenters. The molecule has 1 N–H and O–H groups in total. The van der Waals surface area contributed by atoms with Crippen LogP contribution in [0.15, 0.2) is 42.7 Å². The summed E-state index contributed by atoms with van der Waals surface area (Å²) in [4.78, 5) is 4.39. The quantitative estimate of drug-likeness (QED) is 0.640. The summed E-state index contributed by atoms with van der Waals surface area (Å²) in [5.41, 5.74) is 2.04. The van der Waals surface area contributed by atoms with Crippen molar-refractivity contribution in [1.82, 2.24) is 14.8 Å². The summed E-state index contributed by atoms with van der Waals surface area (Å²) in [7, 11) is 3.28. The minimum absolute atomic E-state index is 0.000726. The Morgan fingerprint density at radius 2 is 2.03 bits per heavy atom. The number of aromatic nitrogens is 3. The Labute approximate surface area is 174 Å². The number of methoxy groups -OCH3 is 2. The molecule has 0 saturated carbocycles. The van der Waals surface area contributed by atoms with Crippen LogP contribution in [0.4, 0.5) is 5.95 Å². The van der Waals surface area contributed by atoms with E-state index in [1.54, 1.807) is 20.5 Å². The molecule has 0 radical (unpaired) electrons. The largest absolute Gasteiger partial charge is 0.493 e. The smallest absolute Gasteiger partial charge is 0.222 e. The second-order valence-electron chi connectivity index (χ2n) is 6.68. The van der Waals surface area contributed by atoms with Gasteiger partial charge in [0, 0.05) is 5.56 Å². The fourth-order valence-corrected chi connectivity index (χ4v) is 4.02. The number of anilines is 1. The van der Waals surface area contributed by atoms with Gasteiger partial charge in [-0.2, -0.15) is 10.1 Å². The lowest BCUT2D eigenvalue weighted by Crippen LogP contribution is -2.28. The number of para-hydroxylation sites is 1. The van der Waals surface area contributed by atoms with Crippen molar-refractivity contribution in [3.8, 4) is 17.2 Å². The van der Waals surface area contributed by atoms with E-state index in [9.17, 15) is 0 Å². The highest BCUT2D eigenvalue weighted by molar-refractivity contribution is 6.32. The van der Waals surface area contributed by atoms with Gasteiger partial charge in [-0.3, -0.25) is 0 Å². The van der Waals surface area contributed by atoms with E-state index in [0.717, 1.165) is 17.5 Å². The Balaban J connectivity index is 1.73. The molecule has 7 nitrogen and oxygen atoms in total. The molecular weight excluding hydrogens is 392 g/mol. The van der Waals surface area contributed by atoms with Crippen LogP contribution in [0.3, 0.4) is 0 Å². The molecule has 1 aliphatic rings. The molecule has 0 aliphatic carbocycles. The minimum atomic E-state index is -0.0749. The SMILES string of the molecule is CCOc1ccc(C2CC(c3cccc(OC)c3OC)n3ncnc3N2)cc1Cl. The summed E-state index contributed by atoms with van der Waals surface area (Å²) >= 11 is 6.42. The molecule has 2 heterocycles. The molecule has 152 valence electrons. The van der Waals surface area contributed by atoms with Gasteiger partial charge >= 0.3 is 0 Å². The van der Waals surface area contributed by atoms with Crippen LogP contribution in [-0.2, 0) is 0 Å². The molecule has 0 amide bonds. The predicted octanol–water partition coefficient (Wildman–Crippen LogP) is 4.49. The minimum Gasteiger partial charge on any atom is -0.493 e. The number of fused-ring (bicyclic) bond motifs is 1. The lowest BCUT2D eigenvalue weighted by Gasteiger charge is -2.32. The van der Waals surface area contributed by atoms with Gasteiger partial charge in [0.1, 0.15) is 12.1 Å². The van der Waals surface area contributed by atoms with Crippen molar-refractivity contribution in [2.45, 2.75) is 25.4 Å². The highest BCUT2D eigenvalue weighted by atomic mass is 35.5. The van der Waals surface area contributed by atoms with Gasteiger partial charge in [0.05, 0.1) is 37.9 Å². The van der Waals surface area contributed by atoms with Gasteiger partial charge < -0.3 is 19.5 Å². The highest BCUT2D eigenvalue weighted by Gasteiger charge is 2.32. The zero-order valence-corrected chi connectivity index (χ0v) is 17.3. The first kappa shape index (κ1) is 19.4. The van der Waals surface area contributed by atoms with Gasteiger partial charge in [0.15, 0.2) is 11.5 Å². The average Bonchev–Trinajstić information content (AvgIpc) is 3.22. The molecule has 4 rings (SSSR count). The van der Waals surface area contributed by atoms with Gasteiger partial charge in [-0.1, -0.05) is 29.8 Å². The standard InChI is InChI=1S/C21H23ClN4O3/c1-4-29-18-9-8-13(10-15(18)22)16-11-17(26-21(25-16)23-12-24-26)14-6-5-7-19(27-2)20(14)28-3/h5-10,12,16-17H,4,11H2,1-3H3,(H,23,24,25). The lowest BCUT2D eigenvalue weighted by atomic mass is 9.92. The molecule has 2 unspecified atom stereocenters. The number of rotatable bonds is 6. The van der Waals surface area contributed by atoms with Gasteiger partial charge in [0.2, 0.25) is 5.95 Å². The molecule has 1 aliphatic heterocycles. The molecule has 2 aromatic carbocycles. The molecule has 3 aromatic rings. The monoisotopic (exact) mass is 414 g/mol. The van der Waals surface area contributed by atoms with E-state index in [1.807, 2.05) is 48.0 Å². The van der Waals surface area contributed by atoms with Crippen LogP contribution in [-0.4, -0.2) is 35.6 Å². The average molecular weight is 415 g/mol. The zero-order chi connectivity index (χ0) is 20.4. The zero-order valence-electron chi connectivity index (χ0n) is 16.6. The third kappa shape index (κ3) is 3.58. The van der Waals surface area contributed by atoms with E-state index < -0.39 is 0 Å². The third-order valence-corrected chi connectivity index (χ3v) is 5.38. The van der Waals surface area contributed by atoms with E-state index in [2.05, 4.69) is 15.4 Å². The number of nitrogens with one attached hydrogen (secondary N) is 1. The third-order valence-electron chi connectivity index (χ3n) is 5.08. The van der Waals surface area contributed by atoms with Gasteiger partial charge in [-0.05, 0) is 37.1 Å². The topological polar surface area (TPSA) is 70.4 Å². The first-order valence-electron chi connectivity index (χ1n) is 9.45. The molecule has 8 heteroatoms. The molecule has 0 bridgehead atoms. The van der Waals surface area contributed by atoms with Gasteiger partial charge in [-0.25, -0.2) is 4.68 Å². The van der Waals surface area contributed by atoms with E-state index in [0.29, 0.717) is 34.8 Å². The molecule has 29 heavy (non-hydrogen) atoms.